The minimum atomic E-state index is -1.50. The molecule has 0 saturated heterocycles. The second-order valence-corrected chi connectivity index (χ2v) is 15.5. The second kappa shape index (κ2) is 9.69. The van der Waals surface area contributed by atoms with Crippen molar-refractivity contribution in [2.45, 2.75) is 90.1 Å². The molecule has 3 aliphatic rings. The highest BCUT2D eigenvalue weighted by Crippen LogP contribution is 2.69. The monoisotopic (exact) mass is 575 g/mol. The summed E-state index contributed by atoms with van der Waals surface area (Å²) in [5.41, 5.74) is 10.6. The van der Waals surface area contributed by atoms with Crippen molar-refractivity contribution in [3.63, 3.8) is 0 Å². The Morgan fingerprint density at radius 1 is 0.714 bits per heavy atom. The average molecular weight is 576 g/mol. The van der Waals surface area contributed by atoms with E-state index in [-0.39, 0.29) is 22.3 Å². The Bertz CT molecular complexity index is 1580. The Kier molecular flexibility index (Phi) is 6.39. The molecule has 1 atom stereocenters. The highest BCUT2D eigenvalue weighted by molar-refractivity contribution is 7.45. The number of hydrogen-bond donors (Lipinski definition) is 0. The lowest BCUT2D eigenvalue weighted by Gasteiger charge is -2.39. The highest BCUT2D eigenvalue weighted by atomic mass is 31.2. The largest absolute Gasteiger partial charge is 0.427 e. The predicted octanol–water partition coefficient (Wildman–Crippen LogP) is 10.2. The Morgan fingerprint density at radius 3 is 1.69 bits per heavy atom. The topological polar surface area (TPSA) is 21.7 Å². The first-order valence-electron chi connectivity index (χ1n) is 15.3. The molecule has 0 amide bonds. The number of benzene rings is 4. The molecular formula is C38H42NO2P. The molecule has 0 bridgehead atoms. The van der Waals surface area contributed by atoms with Crippen LogP contribution in [-0.4, -0.2) is 4.67 Å². The molecular weight excluding hydrogens is 533 g/mol. The van der Waals surface area contributed by atoms with Crippen LogP contribution in [-0.2, 0) is 22.8 Å². The van der Waals surface area contributed by atoms with Crippen molar-refractivity contribution in [2.75, 3.05) is 0 Å². The molecule has 0 fully saturated rings. The summed E-state index contributed by atoms with van der Waals surface area (Å²) >= 11 is 0. The number of rotatable bonds is 5. The number of aryl methyl sites for hydroxylation is 2. The van der Waals surface area contributed by atoms with Crippen molar-refractivity contribution in [1.29, 1.82) is 0 Å². The van der Waals surface area contributed by atoms with E-state index in [0.717, 1.165) is 30.9 Å². The molecule has 4 heteroatoms. The van der Waals surface area contributed by atoms with Gasteiger partial charge in [0.2, 0.25) is 0 Å². The molecule has 42 heavy (non-hydrogen) atoms. The SMILES string of the molecule is Cc1cc2c3c(c1)C(C)(C)CC31CC(C)(C)c3cc(C)cc(c31)OP(N(Cc1ccccc1)[C@H](C)c1ccccc1)O2. The molecule has 1 aliphatic heterocycles. The summed E-state index contributed by atoms with van der Waals surface area (Å²) < 4.78 is 17.0. The Balaban J connectivity index is 1.47. The van der Waals surface area contributed by atoms with E-state index in [0.29, 0.717) is 0 Å². The number of nitrogens with zero attached hydrogens (tertiary/aromatic N) is 1. The van der Waals surface area contributed by atoms with Gasteiger partial charge in [-0.25, -0.2) is 4.67 Å². The van der Waals surface area contributed by atoms with Crippen molar-refractivity contribution >= 4 is 8.53 Å². The van der Waals surface area contributed by atoms with Gasteiger partial charge < -0.3 is 9.05 Å². The lowest BCUT2D eigenvalue weighted by molar-refractivity contribution is 0.283. The van der Waals surface area contributed by atoms with Gasteiger partial charge in [-0.3, -0.25) is 0 Å². The van der Waals surface area contributed by atoms with E-state index >= 15 is 0 Å². The van der Waals surface area contributed by atoms with Crippen molar-refractivity contribution in [3.8, 4) is 11.5 Å². The molecule has 4 aromatic carbocycles. The maximum atomic E-state index is 7.26. The van der Waals surface area contributed by atoms with E-state index in [1.54, 1.807) is 0 Å². The van der Waals surface area contributed by atoms with E-state index in [9.17, 15) is 0 Å². The van der Waals surface area contributed by atoms with Gasteiger partial charge in [-0.1, -0.05) is 100 Å². The van der Waals surface area contributed by atoms with Crippen LogP contribution in [0.25, 0.3) is 0 Å². The van der Waals surface area contributed by atoms with E-state index in [1.807, 2.05) is 0 Å². The van der Waals surface area contributed by atoms with Crippen molar-refractivity contribution in [1.82, 2.24) is 4.67 Å². The van der Waals surface area contributed by atoms with Crippen LogP contribution < -0.4 is 9.05 Å². The molecule has 216 valence electrons. The minimum Gasteiger partial charge on any atom is -0.427 e. The molecule has 0 aromatic heterocycles. The molecule has 3 nitrogen and oxygen atoms in total. The molecule has 0 saturated carbocycles. The third kappa shape index (κ3) is 4.31. The quantitative estimate of drug-likeness (QED) is 0.221. The summed E-state index contributed by atoms with van der Waals surface area (Å²) in [5.74, 6) is 2.02. The Labute approximate surface area is 252 Å². The first-order valence-corrected chi connectivity index (χ1v) is 16.4. The van der Waals surface area contributed by atoms with Crippen LogP contribution in [0.2, 0.25) is 0 Å². The fourth-order valence-corrected chi connectivity index (χ4v) is 9.81. The van der Waals surface area contributed by atoms with E-state index < -0.39 is 8.53 Å². The van der Waals surface area contributed by atoms with Gasteiger partial charge in [0.25, 0.3) is 0 Å². The third-order valence-corrected chi connectivity index (χ3v) is 11.5. The molecule has 0 N–H and O–H groups in total. The molecule has 0 radical (unpaired) electrons. The fraction of sp³-hybridized carbons (Fsp3) is 0.368. The van der Waals surface area contributed by atoms with Crippen LogP contribution in [0.3, 0.4) is 0 Å². The van der Waals surface area contributed by atoms with Crippen molar-refractivity contribution < 1.29 is 9.05 Å². The van der Waals surface area contributed by atoms with Crippen LogP contribution in [0.15, 0.2) is 84.9 Å². The zero-order chi connectivity index (χ0) is 29.4. The smallest absolute Gasteiger partial charge is 0.385 e. The standard InChI is InChI=1S/C38H42NO2P/c1-25-18-30-34-32(20-25)40-42(39(22-28-14-10-8-11-15-28)27(3)29-16-12-9-13-17-29)41-33-21-26(2)19-31-35(33)38(34,23-36(30,4)5)24-37(31,6)7/h8-21,27H,22-24H2,1-7H3/t27-,38?/m1/s1. The van der Waals surface area contributed by atoms with Gasteiger partial charge in [0.05, 0.1) is 0 Å². The highest BCUT2D eigenvalue weighted by Gasteiger charge is 2.60. The van der Waals surface area contributed by atoms with Crippen LogP contribution in [0, 0.1) is 13.8 Å². The predicted molar refractivity (Wildman–Crippen MR) is 173 cm³/mol. The lowest BCUT2D eigenvalue weighted by atomic mass is 9.72. The zero-order valence-electron chi connectivity index (χ0n) is 26.0. The van der Waals surface area contributed by atoms with Gasteiger partial charge in [0, 0.05) is 29.1 Å². The zero-order valence-corrected chi connectivity index (χ0v) is 26.9. The Hall–Kier alpha value is -3.13. The van der Waals surface area contributed by atoms with Crippen LogP contribution in [0.4, 0.5) is 0 Å². The molecule has 4 aromatic rings. The Morgan fingerprint density at radius 2 is 1.19 bits per heavy atom. The molecule has 1 spiro atoms. The van der Waals surface area contributed by atoms with E-state index in [4.69, 9.17) is 9.05 Å². The first-order chi connectivity index (χ1) is 20.0. The fourth-order valence-electron chi connectivity index (χ4n) is 8.25. The summed E-state index contributed by atoms with van der Waals surface area (Å²) in [6.45, 7) is 17.1. The van der Waals surface area contributed by atoms with Crippen LogP contribution in [0.1, 0.15) is 98.0 Å². The van der Waals surface area contributed by atoms with Gasteiger partial charge in [-0.2, -0.15) is 0 Å². The molecule has 1 heterocycles. The summed E-state index contributed by atoms with van der Waals surface area (Å²) in [5, 5.41) is 0. The second-order valence-electron chi connectivity index (χ2n) is 14.2. The van der Waals surface area contributed by atoms with Gasteiger partial charge >= 0.3 is 8.53 Å². The third-order valence-electron chi connectivity index (χ3n) is 9.87. The summed E-state index contributed by atoms with van der Waals surface area (Å²) in [7, 11) is -1.50. The molecule has 7 rings (SSSR count). The van der Waals surface area contributed by atoms with Gasteiger partial charge in [0.1, 0.15) is 11.5 Å². The van der Waals surface area contributed by atoms with Gasteiger partial charge in [-0.15, -0.1) is 0 Å². The summed E-state index contributed by atoms with van der Waals surface area (Å²) in [4.78, 5) is 0. The van der Waals surface area contributed by atoms with E-state index in [1.165, 1.54) is 44.5 Å². The lowest BCUT2D eigenvalue weighted by Crippen LogP contribution is -2.31. The van der Waals surface area contributed by atoms with Gasteiger partial charge in [0.15, 0.2) is 0 Å². The van der Waals surface area contributed by atoms with E-state index in [2.05, 4.69) is 138 Å². The average Bonchev–Trinajstić information content (AvgIpc) is 3.30. The minimum absolute atomic E-state index is 0.0352. The van der Waals surface area contributed by atoms with Crippen molar-refractivity contribution in [3.05, 3.63) is 129 Å². The number of hydrogen-bond acceptors (Lipinski definition) is 3. The maximum absolute atomic E-state index is 7.26. The molecule has 2 aliphatic carbocycles. The van der Waals surface area contributed by atoms with Crippen molar-refractivity contribution in [2.24, 2.45) is 0 Å². The molecule has 0 unspecified atom stereocenters. The maximum Gasteiger partial charge on any atom is 0.385 e. The summed E-state index contributed by atoms with van der Waals surface area (Å²) in [6.07, 6.45) is 2.13. The normalized spacial score (nSPS) is 19.7. The van der Waals surface area contributed by atoms with Gasteiger partial charge in [-0.05, 0) is 90.0 Å². The van der Waals surface area contributed by atoms with Crippen LogP contribution in [0.5, 0.6) is 11.5 Å². The first kappa shape index (κ1) is 27.7. The van der Waals surface area contributed by atoms with Crippen LogP contribution >= 0.6 is 8.53 Å². The summed E-state index contributed by atoms with van der Waals surface area (Å²) in [6, 6.07) is 31.0.